The van der Waals surface area contributed by atoms with Crippen LogP contribution in [-0.2, 0) is 11.5 Å². The van der Waals surface area contributed by atoms with E-state index in [1.165, 1.54) is 11.2 Å². The second kappa shape index (κ2) is 4.92. The van der Waals surface area contributed by atoms with Gasteiger partial charge in [0.1, 0.15) is 0 Å². The van der Waals surface area contributed by atoms with Crippen molar-refractivity contribution in [3.8, 4) is 0 Å². The molecule has 10 heteroatoms. The normalized spacial score (nSPS) is 29.4. The Balaban J connectivity index is 2.30. The molecule has 0 unspecified atom stereocenters. The highest BCUT2D eigenvalue weighted by molar-refractivity contribution is 5.37. The van der Waals surface area contributed by atoms with Crippen molar-refractivity contribution in [3.63, 3.8) is 0 Å². The summed E-state index contributed by atoms with van der Waals surface area (Å²) in [5.41, 5.74) is -6.64. The lowest BCUT2D eigenvalue weighted by Gasteiger charge is -2.45. The van der Waals surface area contributed by atoms with Crippen LogP contribution in [0.5, 0.6) is 0 Å². The number of allylic oxidation sites excluding steroid dienone is 1. The van der Waals surface area contributed by atoms with Crippen LogP contribution in [0.2, 0.25) is 0 Å². The summed E-state index contributed by atoms with van der Waals surface area (Å²) in [6, 6.07) is 5.33. The van der Waals surface area contributed by atoms with Crippen molar-refractivity contribution in [2.24, 2.45) is 0 Å². The number of alkyl halides is 4. The minimum Gasteiger partial charge on any atom is -0.379 e. The van der Waals surface area contributed by atoms with Crippen LogP contribution in [0.4, 0.5) is 26.4 Å². The Morgan fingerprint density at radius 2 is 1.71 bits per heavy atom. The number of H-pyrrole nitrogens is 1. The summed E-state index contributed by atoms with van der Waals surface area (Å²) < 4.78 is 91.4. The number of aromatic nitrogens is 1. The van der Waals surface area contributed by atoms with E-state index >= 15 is 4.39 Å². The number of benzene rings is 1. The molecule has 0 amide bonds. The van der Waals surface area contributed by atoms with Gasteiger partial charge in [-0.3, -0.25) is 4.79 Å². The average Bonchev–Trinajstić information content (AvgIpc) is 2.99. The molecule has 4 nitrogen and oxygen atoms in total. The third-order valence-electron chi connectivity index (χ3n) is 3.72. The monoisotopic (exact) mass is 350 g/mol. The molecule has 1 aliphatic rings. The van der Waals surface area contributed by atoms with Gasteiger partial charge in [-0.2, -0.15) is 19.1 Å². The maximum atomic E-state index is 15.1. The lowest BCUT2D eigenvalue weighted by atomic mass is 9.81. The number of aromatic amines is 1. The smallest absolute Gasteiger partial charge is 0.353 e. The molecule has 1 N–H and O–H groups in total. The maximum absolute atomic E-state index is 15.1. The molecular formula is C14H8F6N2O2. The minimum absolute atomic E-state index is 0.195. The van der Waals surface area contributed by atoms with Crippen LogP contribution in [0.3, 0.4) is 0 Å². The average molecular weight is 350 g/mol. The predicted molar refractivity (Wildman–Crippen MR) is 68.4 cm³/mol. The fourth-order valence-electron chi connectivity index (χ4n) is 2.48. The number of nitrogens with zero attached hydrogens (tertiary/aromatic N) is 1. The van der Waals surface area contributed by atoms with E-state index < -0.39 is 51.4 Å². The highest BCUT2D eigenvalue weighted by Crippen LogP contribution is 2.61. The predicted octanol–water partition coefficient (Wildman–Crippen LogP) is 3.60. The zero-order valence-electron chi connectivity index (χ0n) is 11.6. The molecule has 1 aromatic carbocycles. The Labute approximate surface area is 129 Å². The Hall–Kier alpha value is -2.65. The third kappa shape index (κ3) is 1.79. The van der Waals surface area contributed by atoms with Gasteiger partial charge in [0.15, 0.2) is 11.6 Å². The molecule has 0 saturated carbocycles. The maximum Gasteiger partial charge on any atom is 0.353 e. The zero-order valence-corrected chi connectivity index (χ0v) is 11.6. The number of nitrogens with one attached hydrogen (secondary N) is 1. The van der Waals surface area contributed by atoms with Crippen molar-refractivity contribution < 1.29 is 31.0 Å². The van der Waals surface area contributed by atoms with E-state index in [4.69, 9.17) is 0 Å². The van der Waals surface area contributed by atoms with Crippen molar-refractivity contribution in [2.75, 3.05) is 0 Å². The molecule has 0 spiro atoms. The first-order valence-electron chi connectivity index (χ1n) is 6.48. The number of halogens is 6. The lowest BCUT2D eigenvalue weighted by molar-refractivity contribution is -0.320. The Kier molecular flexibility index (Phi) is 3.32. The van der Waals surface area contributed by atoms with E-state index in [1.807, 2.05) is 0 Å². The molecule has 2 atom stereocenters. The first-order chi connectivity index (χ1) is 11.2. The summed E-state index contributed by atoms with van der Waals surface area (Å²) in [5, 5.41) is 0.250. The first kappa shape index (κ1) is 16.2. The summed E-state index contributed by atoms with van der Waals surface area (Å²) in [6.45, 7) is 0. The Morgan fingerprint density at radius 1 is 1.08 bits per heavy atom. The number of rotatable bonds is 2. The van der Waals surface area contributed by atoms with Gasteiger partial charge in [-0.1, -0.05) is 34.8 Å². The van der Waals surface area contributed by atoms with Gasteiger partial charge in [0, 0.05) is 5.56 Å². The molecule has 2 heterocycles. The summed E-state index contributed by atoms with van der Waals surface area (Å²) in [5.74, 6) is -13.6. The van der Waals surface area contributed by atoms with E-state index in [2.05, 4.69) is 4.52 Å². The fraction of sp³-hybridized carbons (Fsp3) is 0.214. The number of hydrogen-bond donors (Lipinski definition) is 1. The van der Waals surface area contributed by atoms with Gasteiger partial charge in [-0.25, -0.2) is 13.2 Å². The van der Waals surface area contributed by atoms with E-state index in [0.29, 0.717) is 0 Å². The molecule has 3 rings (SSSR count). The molecule has 2 aromatic rings. The quantitative estimate of drug-likeness (QED) is 0.512. The molecule has 24 heavy (non-hydrogen) atoms. The summed E-state index contributed by atoms with van der Waals surface area (Å²) in [7, 11) is 0. The van der Waals surface area contributed by atoms with Gasteiger partial charge in [-0.15, -0.1) is 0 Å². The van der Waals surface area contributed by atoms with E-state index in [-0.39, 0.29) is 6.07 Å². The molecule has 0 bridgehead atoms. The zero-order chi connectivity index (χ0) is 17.8. The van der Waals surface area contributed by atoms with Crippen LogP contribution < -0.4 is 5.56 Å². The molecule has 1 aromatic heterocycles. The summed E-state index contributed by atoms with van der Waals surface area (Å²) in [4.78, 5) is 11.0. The van der Waals surface area contributed by atoms with Gasteiger partial charge in [0.25, 0.3) is 11.2 Å². The summed E-state index contributed by atoms with van der Waals surface area (Å²) in [6.07, 6.45) is -0.391. The molecular weight excluding hydrogens is 342 g/mol. The fourth-order valence-corrected chi connectivity index (χ4v) is 2.48. The second-order valence-electron chi connectivity index (χ2n) is 5.09. The number of hydrogen-bond acceptors (Lipinski definition) is 3. The van der Waals surface area contributed by atoms with Gasteiger partial charge < -0.3 is 4.52 Å². The van der Waals surface area contributed by atoms with E-state index in [9.17, 15) is 26.8 Å². The van der Waals surface area contributed by atoms with Crippen LogP contribution in [-0.4, -0.2) is 16.2 Å². The van der Waals surface area contributed by atoms with E-state index in [1.54, 1.807) is 0 Å². The van der Waals surface area contributed by atoms with Crippen LogP contribution in [0.15, 0.2) is 57.7 Å². The largest absolute Gasteiger partial charge is 0.379 e. The summed E-state index contributed by atoms with van der Waals surface area (Å²) >= 11 is 0. The van der Waals surface area contributed by atoms with Crippen molar-refractivity contribution in [1.82, 2.24) is 10.3 Å². The lowest BCUT2D eigenvalue weighted by Crippen LogP contribution is -2.62. The highest BCUT2D eigenvalue weighted by atomic mass is 19.3. The van der Waals surface area contributed by atoms with Crippen LogP contribution >= 0.6 is 0 Å². The topological polar surface area (TPSA) is 49.2 Å². The van der Waals surface area contributed by atoms with Crippen LogP contribution in [0.25, 0.3) is 0 Å². The van der Waals surface area contributed by atoms with Gasteiger partial charge in [-0.05, 0) is 0 Å². The minimum atomic E-state index is -5.33. The SMILES string of the molecule is O=c1cc([C@]2(F)C(F)=CN(F)[C@@](F)(c3ccccc3)C2(F)F)o[nH]1. The van der Waals surface area contributed by atoms with Crippen molar-refractivity contribution in [3.05, 3.63) is 70.1 Å². The van der Waals surface area contributed by atoms with Gasteiger partial charge >= 0.3 is 11.7 Å². The molecule has 0 aliphatic carbocycles. The van der Waals surface area contributed by atoms with Crippen molar-refractivity contribution >= 4 is 0 Å². The molecule has 1 aliphatic heterocycles. The van der Waals surface area contributed by atoms with E-state index in [0.717, 1.165) is 24.3 Å². The standard InChI is InChI=1S/C14H8F6N2O2/c15-9-7-22(20)13(17,8-4-2-1-3-5-8)14(18,19)12(9,16)10-6-11(23)21-24-10/h1-7H,(H,21,23)/t12-,13+/m1/s1. The molecule has 0 fully saturated rings. The highest BCUT2D eigenvalue weighted by Gasteiger charge is 2.78. The third-order valence-corrected chi connectivity index (χ3v) is 3.72. The molecule has 0 radical (unpaired) electrons. The molecule has 128 valence electrons. The van der Waals surface area contributed by atoms with Crippen LogP contribution in [0, 0.1) is 0 Å². The van der Waals surface area contributed by atoms with Crippen molar-refractivity contribution in [2.45, 2.75) is 17.4 Å². The second-order valence-corrected chi connectivity index (χ2v) is 5.09. The Morgan fingerprint density at radius 3 is 2.25 bits per heavy atom. The molecule has 0 saturated heterocycles. The first-order valence-corrected chi connectivity index (χ1v) is 6.48. The van der Waals surface area contributed by atoms with Crippen LogP contribution in [0.1, 0.15) is 11.3 Å². The Bertz CT molecular complexity index is 848. The van der Waals surface area contributed by atoms with Crippen molar-refractivity contribution in [1.29, 1.82) is 0 Å². The van der Waals surface area contributed by atoms with Gasteiger partial charge in [0.05, 0.1) is 12.3 Å². The van der Waals surface area contributed by atoms with Gasteiger partial charge in [0.2, 0.25) is 0 Å².